The predicted molar refractivity (Wildman–Crippen MR) is 87.9 cm³/mol. The SMILES string of the molecule is O=C(NCc1nnc2n1CCCCC2)c1cccc(I)c1. The first-order chi connectivity index (χ1) is 10.2. The molecule has 0 saturated carbocycles. The highest BCUT2D eigenvalue weighted by Gasteiger charge is 2.15. The normalized spacial score (nSPS) is 14.3. The Balaban J connectivity index is 1.68. The topological polar surface area (TPSA) is 59.8 Å². The molecule has 110 valence electrons. The fourth-order valence-electron chi connectivity index (χ4n) is 2.57. The number of hydrogen-bond acceptors (Lipinski definition) is 3. The first kappa shape index (κ1) is 14.5. The van der Waals surface area contributed by atoms with Crippen molar-refractivity contribution in [1.29, 1.82) is 0 Å². The van der Waals surface area contributed by atoms with E-state index in [0.29, 0.717) is 12.1 Å². The molecule has 1 amide bonds. The molecule has 0 radical (unpaired) electrons. The number of aryl methyl sites for hydroxylation is 1. The molecule has 1 N–H and O–H groups in total. The Bertz CT molecular complexity index is 653. The van der Waals surface area contributed by atoms with Gasteiger partial charge < -0.3 is 9.88 Å². The first-order valence-electron chi connectivity index (χ1n) is 7.19. The van der Waals surface area contributed by atoms with Crippen LogP contribution in [0.4, 0.5) is 0 Å². The summed E-state index contributed by atoms with van der Waals surface area (Å²) in [7, 11) is 0. The standard InChI is InChI=1S/C15H17IN4O/c16-12-6-4-5-11(9-12)15(21)17-10-14-19-18-13-7-2-1-3-8-20(13)14/h4-6,9H,1-3,7-8,10H2,(H,17,21). The highest BCUT2D eigenvalue weighted by atomic mass is 127. The third-order valence-electron chi connectivity index (χ3n) is 3.68. The lowest BCUT2D eigenvalue weighted by molar-refractivity contribution is 0.0949. The van der Waals surface area contributed by atoms with Crippen molar-refractivity contribution in [3.63, 3.8) is 0 Å². The number of amides is 1. The van der Waals surface area contributed by atoms with Crippen LogP contribution in [0.3, 0.4) is 0 Å². The zero-order chi connectivity index (χ0) is 14.7. The molecule has 0 fully saturated rings. The van der Waals surface area contributed by atoms with Crippen molar-refractivity contribution in [3.8, 4) is 0 Å². The summed E-state index contributed by atoms with van der Waals surface area (Å²) in [4.78, 5) is 12.2. The molecular weight excluding hydrogens is 379 g/mol. The summed E-state index contributed by atoms with van der Waals surface area (Å²) in [6.07, 6.45) is 4.55. The van der Waals surface area contributed by atoms with E-state index in [9.17, 15) is 4.79 Å². The van der Waals surface area contributed by atoms with E-state index in [-0.39, 0.29) is 5.91 Å². The van der Waals surface area contributed by atoms with Crippen molar-refractivity contribution in [1.82, 2.24) is 20.1 Å². The smallest absolute Gasteiger partial charge is 0.251 e. The van der Waals surface area contributed by atoms with E-state index in [4.69, 9.17) is 0 Å². The summed E-state index contributed by atoms with van der Waals surface area (Å²) in [6.45, 7) is 1.38. The van der Waals surface area contributed by atoms with Gasteiger partial charge in [-0.15, -0.1) is 10.2 Å². The van der Waals surface area contributed by atoms with Crippen LogP contribution in [0.5, 0.6) is 0 Å². The van der Waals surface area contributed by atoms with Crippen molar-refractivity contribution in [2.75, 3.05) is 0 Å². The highest BCUT2D eigenvalue weighted by molar-refractivity contribution is 14.1. The molecule has 2 aromatic rings. The fraction of sp³-hybridized carbons (Fsp3) is 0.400. The van der Waals surface area contributed by atoms with Gasteiger partial charge in [-0.05, 0) is 53.6 Å². The Labute approximate surface area is 137 Å². The summed E-state index contributed by atoms with van der Waals surface area (Å²) in [5.74, 6) is 1.83. The number of nitrogens with zero attached hydrogens (tertiary/aromatic N) is 3. The van der Waals surface area contributed by atoms with Crippen LogP contribution < -0.4 is 5.32 Å². The van der Waals surface area contributed by atoms with Gasteiger partial charge in [-0.3, -0.25) is 4.79 Å². The quantitative estimate of drug-likeness (QED) is 0.812. The molecule has 6 heteroatoms. The highest BCUT2D eigenvalue weighted by Crippen LogP contribution is 2.14. The molecule has 1 aromatic carbocycles. The molecule has 0 aliphatic carbocycles. The summed E-state index contributed by atoms with van der Waals surface area (Å²) in [6, 6.07) is 7.55. The molecule has 0 spiro atoms. The number of halogens is 1. The number of nitrogens with one attached hydrogen (secondary N) is 1. The summed E-state index contributed by atoms with van der Waals surface area (Å²) >= 11 is 2.20. The van der Waals surface area contributed by atoms with Crippen LogP contribution in [-0.2, 0) is 19.5 Å². The van der Waals surface area contributed by atoms with Gasteiger partial charge in [0, 0.05) is 22.1 Å². The third-order valence-corrected chi connectivity index (χ3v) is 4.35. The van der Waals surface area contributed by atoms with Crippen molar-refractivity contribution in [3.05, 3.63) is 45.0 Å². The summed E-state index contributed by atoms with van der Waals surface area (Å²) in [5, 5.41) is 11.4. The van der Waals surface area contributed by atoms with E-state index < -0.39 is 0 Å². The van der Waals surface area contributed by atoms with Crippen LogP contribution in [-0.4, -0.2) is 20.7 Å². The maximum atomic E-state index is 12.2. The van der Waals surface area contributed by atoms with Gasteiger partial charge in [0.05, 0.1) is 6.54 Å². The number of carbonyl (C=O) groups excluding carboxylic acids is 1. The van der Waals surface area contributed by atoms with Gasteiger partial charge in [0.2, 0.25) is 0 Å². The average molecular weight is 396 g/mol. The Morgan fingerprint density at radius 3 is 3.05 bits per heavy atom. The maximum Gasteiger partial charge on any atom is 0.251 e. The lowest BCUT2D eigenvalue weighted by Crippen LogP contribution is -2.25. The molecular formula is C15H17IN4O. The molecule has 1 aromatic heterocycles. The van der Waals surface area contributed by atoms with Gasteiger partial charge >= 0.3 is 0 Å². The molecule has 5 nitrogen and oxygen atoms in total. The Morgan fingerprint density at radius 2 is 2.19 bits per heavy atom. The molecule has 0 atom stereocenters. The van der Waals surface area contributed by atoms with Gasteiger partial charge in [-0.1, -0.05) is 12.5 Å². The van der Waals surface area contributed by atoms with Gasteiger partial charge in [-0.25, -0.2) is 0 Å². The second-order valence-corrected chi connectivity index (χ2v) is 6.43. The number of rotatable bonds is 3. The van der Waals surface area contributed by atoms with Crippen LogP contribution in [0, 0.1) is 3.57 Å². The minimum atomic E-state index is -0.0699. The monoisotopic (exact) mass is 396 g/mol. The van der Waals surface area contributed by atoms with Crippen LogP contribution in [0.25, 0.3) is 0 Å². The van der Waals surface area contributed by atoms with Gasteiger partial charge in [0.25, 0.3) is 5.91 Å². The van der Waals surface area contributed by atoms with Crippen LogP contribution in [0.2, 0.25) is 0 Å². The van der Waals surface area contributed by atoms with Crippen LogP contribution in [0.15, 0.2) is 24.3 Å². The van der Waals surface area contributed by atoms with Gasteiger partial charge in [0.15, 0.2) is 5.82 Å². The first-order valence-corrected chi connectivity index (χ1v) is 8.26. The molecule has 1 aliphatic heterocycles. The van der Waals surface area contributed by atoms with Gasteiger partial charge in [-0.2, -0.15) is 0 Å². The van der Waals surface area contributed by atoms with E-state index in [1.165, 1.54) is 12.8 Å². The number of hydrogen-bond donors (Lipinski definition) is 1. The van der Waals surface area contributed by atoms with E-state index in [0.717, 1.165) is 34.6 Å². The molecule has 3 rings (SSSR count). The van der Waals surface area contributed by atoms with Crippen LogP contribution in [0.1, 0.15) is 41.3 Å². The molecule has 2 heterocycles. The molecule has 1 aliphatic rings. The lowest BCUT2D eigenvalue weighted by atomic mass is 10.2. The molecule has 0 bridgehead atoms. The summed E-state index contributed by atoms with van der Waals surface area (Å²) < 4.78 is 3.21. The second kappa shape index (κ2) is 6.55. The molecule has 0 unspecified atom stereocenters. The van der Waals surface area contributed by atoms with Crippen molar-refractivity contribution >= 4 is 28.5 Å². The second-order valence-electron chi connectivity index (χ2n) is 5.19. The van der Waals surface area contributed by atoms with Gasteiger partial charge in [0.1, 0.15) is 5.82 Å². The summed E-state index contributed by atoms with van der Waals surface area (Å²) in [5.41, 5.74) is 0.678. The number of carbonyl (C=O) groups is 1. The zero-order valence-electron chi connectivity index (χ0n) is 11.7. The van der Waals surface area contributed by atoms with E-state index >= 15 is 0 Å². The van der Waals surface area contributed by atoms with Crippen molar-refractivity contribution < 1.29 is 4.79 Å². The van der Waals surface area contributed by atoms with Crippen LogP contribution >= 0.6 is 22.6 Å². The van der Waals surface area contributed by atoms with E-state index in [1.807, 2.05) is 24.3 Å². The van der Waals surface area contributed by atoms with E-state index in [1.54, 1.807) is 0 Å². The van der Waals surface area contributed by atoms with Crippen molar-refractivity contribution in [2.24, 2.45) is 0 Å². The largest absolute Gasteiger partial charge is 0.345 e. The maximum absolute atomic E-state index is 12.2. The zero-order valence-corrected chi connectivity index (χ0v) is 13.8. The predicted octanol–water partition coefficient (Wildman–Crippen LogP) is 2.54. The minimum absolute atomic E-state index is 0.0699. The Hall–Kier alpha value is -1.44. The number of aromatic nitrogens is 3. The van der Waals surface area contributed by atoms with Crippen molar-refractivity contribution in [2.45, 2.75) is 38.8 Å². The molecule has 0 saturated heterocycles. The minimum Gasteiger partial charge on any atom is -0.345 e. The number of benzene rings is 1. The number of fused-ring (bicyclic) bond motifs is 1. The Morgan fingerprint density at radius 1 is 1.29 bits per heavy atom. The van der Waals surface area contributed by atoms with E-state index in [2.05, 4.69) is 42.7 Å². The Kier molecular flexibility index (Phi) is 4.52. The molecule has 21 heavy (non-hydrogen) atoms. The fourth-order valence-corrected chi connectivity index (χ4v) is 3.11. The average Bonchev–Trinajstić information content (AvgIpc) is 2.72. The lowest BCUT2D eigenvalue weighted by Gasteiger charge is -2.08. The third kappa shape index (κ3) is 3.42.